The molecule has 5 aromatic heterocycles. The number of benzene rings is 1. The zero-order valence-electron chi connectivity index (χ0n) is 23.5. The van der Waals surface area contributed by atoms with E-state index in [1.54, 1.807) is 30.3 Å². The highest BCUT2D eigenvalue weighted by Gasteiger charge is 2.36. The molecule has 0 atom stereocenters. The normalized spacial score (nSPS) is 11.5. The number of hydrogen-bond acceptors (Lipinski definition) is 8. The zero-order valence-corrected chi connectivity index (χ0v) is 25.1. The van der Waals surface area contributed by atoms with Crippen LogP contribution in [0, 0.1) is 0 Å². The zero-order chi connectivity index (χ0) is 32.4. The molecule has 14 heteroatoms. The number of thiophene rings is 1. The van der Waals surface area contributed by atoms with Crippen LogP contribution in [-0.2, 0) is 19.3 Å². The summed E-state index contributed by atoms with van der Waals surface area (Å²) in [6, 6.07) is 17.4. The van der Waals surface area contributed by atoms with Crippen LogP contribution in [0.5, 0.6) is 0 Å². The Morgan fingerprint density at radius 3 is 2.50 bits per heavy atom. The molecule has 0 unspecified atom stereocenters. The van der Waals surface area contributed by atoms with Crippen molar-refractivity contribution in [1.82, 2.24) is 19.3 Å². The van der Waals surface area contributed by atoms with Gasteiger partial charge in [-0.15, -0.1) is 11.3 Å². The lowest BCUT2D eigenvalue weighted by Gasteiger charge is -2.13. The van der Waals surface area contributed by atoms with Gasteiger partial charge in [0.1, 0.15) is 12.1 Å². The maximum atomic E-state index is 13.9. The van der Waals surface area contributed by atoms with Crippen molar-refractivity contribution in [3.8, 4) is 22.5 Å². The third kappa shape index (κ3) is 6.41. The van der Waals surface area contributed by atoms with Gasteiger partial charge in [0.25, 0.3) is 11.5 Å². The second-order valence-corrected chi connectivity index (χ2v) is 11.8. The minimum absolute atomic E-state index is 0.0908. The maximum absolute atomic E-state index is 13.9. The van der Waals surface area contributed by atoms with E-state index >= 15 is 0 Å². The molecule has 0 fully saturated rings. The van der Waals surface area contributed by atoms with E-state index in [0.29, 0.717) is 15.6 Å². The summed E-state index contributed by atoms with van der Waals surface area (Å²) in [6.45, 7) is -0.163. The van der Waals surface area contributed by atoms with Gasteiger partial charge in [-0.25, -0.2) is 0 Å². The van der Waals surface area contributed by atoms with Crippen LogP contribution in [0.4, 0.5) is 19.0 Å². The Labute approximate surface area is 267 Å². The Kier molecular flexibility index (Phi) is 8.43. The number of nitrogens with zero attached hydrogens (tertiary/aromatic N) is 4. The molecular weight excluding hydrogens is 643 g/mol. The predicted octanol–water partition coefficient (Wildman–Crippen LogP) is 7.28. The summed E-state index contributed by atoms with van der Waals surface area (Å²) < 4.78 is 49.2. The number of ketones is 1. The van der Waals surface area contributed by atoms with Gasteiger partial charge < -0.3 is 14.3 Å². The van der Waals surface area contributed by atoms with Gasteiger partial charge in [0.15, 0.2) is 5.78 Å². The molecule has 5 heterocycles. The summed E-state index contributed by atoms with van der Waals surface area (Å²) >= 11 is 7.35. The van der Waals surface area contributed by atoms with Crippen LogP contribution in [0.3, 0.4) is 0 Å². The van der Waals surface area contributed by atoms with Gasteiger partial charge in [0, 0.05) is 28.9 Å². The molecule has 0 saturated carbocycles. The first-order valence-corrected chi connectivity index (χ1v) is 14.8. The molecule has 0 radical (unpaired) electrons. The molecule has 0 spiro atoms. The van der Waals surface area contributed by atoms with Crippen LogP contribution in [0.25, 0.3) is 22.5 Å². The maximum Gasteiger partial charge on any atom is 0.417 e. The lowest BCUT2D eigenvalue weighted by molar-refractivity contribution is -0.137. The predicted molar refractivity (Wildman–Crippen MR) is 166 cm³/mol. The fraction of sp³-hybridized carbons (Fsp3) is 0.0938. The lowest BCUT2D eigenvalue weighted by Crippen LogP contribution is -2.25. The van der Waals surface area contributed by atoms with Crippen LogP contribution in [-0.4, -0.2) is 31.0 Å². The van der Waals surface area contributed by atoms with Crippen molar-refractivity contribution in [2.24, 2.45) is 0 Å². The van der Waals surface area contributed by atoms with Gasteiger partial charge in [-0.3, -0.25) is 19.4 Å². The second-order valence-electron chi connectivity index (χ2n) is 9.96. The highest BCUT2D eigenvalue weighted by molar-refractivity contribution is 7.16. The molecule has 0 amide bonds. The number of carbonyl (C=O) groups excluding carboxylic acids is 2. The molecule has 46 heavy (non-hydrogen) atoms. The Balaban J connectivity index is 1.48. The average Bonchev–Trinajstić information content (AvgIpc) is 3.82. The minimum atomic E-state index is -4.79. The molecule has 6 rings (SSSR count). The smallest absolute Gasteiger partial charge is 0.417 e. The number of Topliss-reactive ketones (excluding diaryl/α,β-unsaturated/α-hetero) is 1. The summed E-state index contributed by atoms with van der Waals surface area (Å²) in [7, 11) is 0. The van der Waals surface area contributed by atoms with E-state index in [0.717, 1.165) is 21.7 Å². The molecule has 0 aliphatic carbocycles. The summed E-state index contributed by atoms with van der Waals surface area (Å²) in [5.74, 6) is -1.34. The van der Waals surface area contributed by atoms with Crippen molar-refractivity contribution in [2.45, 2.75) is 19.3 Å². The largest absolute Gasteiger partial charge is 0.472 e. The van der Waals surface area contributed by atoms with Gasteiger partial charge in [0.05, 0.1) is 57.3 Å². The van der Waals surface area contributed by atoms with E-state index in [9.17, 15) is 27.6 Å². The van der Waals surface area contributed by atoms with Gasteiger partial charge in [0.2, 0.25) is 0 Å². The van der Waals surface area contributed by atoms with Crippen LogP contribution in [0.2, 0.25) is 4.34 Å². The lowest BCUT2D eigenvalue weighted by atomic mass is 10.1. The van der Waals surface area contributed by atoms with Crippen LogP contribution in [0.1, 0.15) is 31.2 Å². The van der Waals surface area contributed by atoms with E-state index in [2.05, 4.69) is 15.4 Å². The van der Waals surface area contributed by atoms with E-state index in [1.807, 2.05) is 0 Å². The van der Waals surface area contributed by atoms with Crippen molar-refractivity contribution in [3.05, 3.63) is 134 Å². The van der Waals surface area contributed by atoms with Crippen molar-refractivity contribution in [1.29, 1.82) is 0 Å². The van der Waals surface area contributed by atoms with E-state index in [-0.39, 0.29) is 35.7 Å². The number of alkyl halides is 3. The first-order valence-electron chi connectivity index (χ1n) is 13.6. The number of pyridine rings is 2. The van der Waals surface area contributed by atoms with Crippen molar-refractivity contribution >= 4 is 40.4 Å². The highest BCUT2D eigenvalue weighted by atomic mass is 35.5. The molecule has 0 aliphatic heterocycles. The Morgan fingerprint density at radius 1 is 1.00 bits per heavy atom. The SMILES string of the molecule is O=C(Cn1cc(-c2cc(NCc3ccc(Cl)s3)n(C(=O)c3ccccc3C(F)(F)F)n2)cc(-c2ccccn2)c1=O)c1ccoc1. The molecular formula is C32H21ClF3N5O4S. The molecule has 1 N–H and O–H groups in total. The molecule has 6 aromatic rings. The summed E-state index contributed by atoms with van der Waals surface area (Å²) in [4.78, 5) is 45.3. The van der Waals surface area contributed by atoms with Gasteiger partial charge in [-0.1, -0.05) is 29.8 Å². The standard InChI is InChI=1S/C32H21ClF3N5O4S/c33-28-9-8-21(46-28)15-38-29-14-26(39-41(29)31(44)22-5-1-2-6-24(22)32(34,35)36)20-13-23(25-7-3-4-11-37-25)30(43)40(16-20)17-27(42)19-10-12-45-18-19/h1-14,16,18,38H,15,17H2. The van der Waals surface area contributed by atoms with Gasteiger partial charge >= 0.3 is 6.18 Å². The highest BCUT2D eigenvalue weighted by Crippen LogP contribution is 2.33. The van der Waals surface area contributed by atoms with Crippen molar-refractivity contribution in [2.75, 3.05) is 5.32 Å². The quantitative estimate of drug-likeness (QED) is 0.162. The summed E-state index contributed by atoms with van der Waals surface area (Å²) in [5.41, 5.74) is -1.06. The fourth-order valence-electron chi connectivity index (χ4n) is 4.73. The van der Waals surface area contributed by atoms with E-state index in [1.165, 1.54) is 71.2 Å². The number of carbonyl (C=O) groups is 2. The van der Waals surface area contributed by atoms with Gasteiger partial charge in [-0.05, 0) is 48.5 Å². The number of rotatable bonds is 9. The average molecular weight is 664 g/mol. The molecule has 0 aliphatic rings. The fourth-order valence-corrected chi connectivity index (χ4v) is 5.75. The Bertz CT molecular complexity index is 2100. The number of hydrogen-bond donors (Lipinski definition) is 1. The monoisotopic (exact) mass is 663 g/mol. The number of furan rings is 1. The van der Waals surface area contributed by atoms with Crippen LogP contribution < -0.4 is 10.9 Å². The third-order valence-corrected chi connectivity index (χ3v) is 8.15. The topological polar surface area (TPSA) is 112 Å². The summed E-state index contributed by atoms with van der Waals surface area (Å²) in [5, 5.41) is 7.48. The first kappa shape index (κ1) is 30.7. The number of nitrogens with one attached hydrogen (secondary N) is 1. The van der Waals surface area contributed by atoms with Crippen molar-refractivity contribution in [3.63, 3.8) is 0 Å². The number of aromatic nitrogens is 4. The van der Waals surface area contributed by atoms with E-state index in [4.69, 9.17) is 16.0 Å². The number of halogens is 4. The molecule has 9 nitrogen and oxygen atoms in total. The van der Waals surface area contributed by atoms with Crippen molar-refractivity contribution < 1.29 is 27.2 Å². The number of anilines is 1. The van der Waals surface area contributed by atoms with E-state index < -0.39 is 34.6 Å². The summed E-state index contributed by atoms with van der Waals surface area (Å²) in [6.07, 6.45) is 0.716. The van der Waals surface area contributed by atoms with Crippen LogP contribution >= 0.6 is 22.9 Å². The molecule has 1 aromatic carbocycles. The minimum Gasteiger partial charge on any atom is -0.472 e. The van der Waals surface area contributed by atoms with Gasteiger partial charge in [-0.2, -0.15) is 23.0 Å². The van der Waals surface area contributed by atoms with Crippen LogP contribution in [0.15, 0.2) is 107 Å². The molecule has 0 bridgehead atoms. The molecule has 232 valence electrons. The molecule has 0 saturated heterocycles. The second kappa shape index (κ2) is 12.6. The Hall–Kier alpha value is -5.27. The third-order valence-electron chi connectivity index (χ3n) is 6.92. The Morgan fingerprint density at radius 2 is 1.80 bits per heavy atom. The first-order chi connectivity index (χ1) is 22.1.